The van der Waals surface area contributed by atoms with Crippen molar-refractivity contribution in [2.24, 2.45) is 0 Å². The lowest BCUT2D eigenvalue weighted by Gasteiger charge is -2.17. The molecule has 1 aliphatic rings. The van der Waals surface area contributed by atoms with Crippen molar-refractivity contribution in [1.29, 1.82) is 0 Å². The number of halogens is 2. The van der Waals surface area contributed by atoms with E-state index in [1.165, 1.54) is 11.6 Å². The summed E-state index contributed by atoms with van der Waals surface area (Å²) in [4.78, 5) is 0. The van der Waals surface area contributed by atoms with Gasteiger partial charge in [-0.05, 0) is 43.0 Å². The van der Waals surface area contributed by atoms with Gasteiger partial charge in [-0.1, -0.05) is 27.6 Å². The lowest BCUT2D eigenvalue weighted by atomic mass is 9.93. The molecule has 13 heavy (non-hydrogen) atoms. The minimum atomic E-state index is -0.140. The highest BCUT2D eigenvalue weighted by molar-refractivity contribution is 9.15. The third-order valence-corrected chi connectivity index (χ3v) is 3.55. The minimum Gasteiger partial charge on any atom is -0.207 e. The van der Waals surface area contributed by atoms with Crippen LogP contribution in [0.15, 0.2) is 23.8 Å². The first-order valence-electron chi connectivity index (χ1n) is 4.32. The van der Waals surface area contributed by atoms with Crippen molar-refractivity contribution in [3.05, 3.63) is 40.7 Å². The maximum Gasteiger partial charge on any atom is 0.123 e. The van der Waals surface area contributed by atoms with Gasteiger partial charge in [0, 0.05) is 4.48 Å². The van der Waals surface area contributed by atoms with Gasteiger partial charge in [0.1, 0.15) is 5.82 Å². The highest BCUT2D eigenvalue weighted by Gasteiger charge is 2.14. The summed E-state index contributed by atoms with van der Waals surface area (Å²) < 4.78 is 14.0. The normalized spacial score (nSPS) is 15.9. The first-order valence-corrected chi connectivity index (χ1v) is 5.12. The SMILES string of the molecule is CC1=C(Br)c2ccc(F)cc2CC1. The van der Waals surface area contributed by atoms with E-state index in [-0.39, 0.29) is 5.82 Å². The minimum absolute atomic E-state index is 0.140. The number of allylic oxidation sites excluding steroid dienone is 1. The van der Waals surface area contributed by atoms with Gasteiger partial charge in [-0.2, -0.15) is 0 Å². The number of aryl methyl sites for hydroxylation is 1. The van der Waals surface area contributed by atoms with Crippen molar-refractivity contribution in [1.82, 2.24) is 0 Å². The van der Waals surface area contributed by atoms with Gasteiger partial charge in [0.05, 0.1) is 0 Å². The van der Waals surface area contributed by atoms with E-state index in [0.717, 1.165) is 28.5 Å². The van der Waals surface area contributed by atoms with Crippen molar-refractivity contribution in [3.63, 3.8) is 0 Å². The molecule has 0 fully saturated rings. The Kier molecular flexibility index (Phi) is 2.24. The van der Waals surface area contributed by atoms with E-state index in [2.05, 4.69) is 22.9 Å². The second-order valence-corrected chi connectivity index (χ2v) is 4.19. The monoisotopic (exact) mass is 240 g/mol. The molecular formula is C11H10BrF. The second kappa shape index (κ2) is 3.26. The Morgan fingerprint density at radius 3 is 2.85 bits per heavy atom. The molecule has 0 unspecified atom stereocenters. The fourth-order valence-corrected chi connectivity index (χ4v) is 2.23. The molecule has 0 radical (unpaired) electrons. The number of hydrogen-bond donors (Lipinski definition) is 0. The average Bonchev–Trinajstić information content (AvgIpc) is 2.12. The molecule has 0 saturated heterocycles. The van der Waals surface area contributed by atoms with Crippen LogP contribution >= 0.6 is 15.9 Å². The number of fused-ring (bicyclic) bond motifs is 1. The zero-order valence-corrected chi connectivity index (χ0v) is 8.99. The molecule has 0 nitrogen and oxygen atoms in total. The molecule has 0 N–H and O–H groups in total. The van der Waals surface area contributed by atoms with Gasteiger partial charge >= 0.3 is 0 Å². The van der Waals surface area contributed by atoms with E-state index in [1.54, 1.807) is 6.07 Å². The van der Waals surface area contributed by atoms with Gasteiger partial charge in [0.25, 0.3) is 0 Å². The molecule has 0 aromatic heterocycles. The van der Waals surface area contributed by atoms with Gasteiger partial charge < -0.3 is 0 Å². The number of hydrogen-bond acceptors (Lipinski definition) is 0. The molecule has 0 spiro atoms. The maximum absolute atomic E-state index is 12.9. The third kappa shape index (κ3) is 1.55. The Bertz CT molecular complexity index is 380. The van der Waals surface area contributed by atoms with E-state index in [9.17, 15) is 4.39 Å². The van der Waals surface area contributed by atoms with Crippen molar-refractivity contribution in [2.75, 3.05) is 0 Å². The van der Waals surface area contributed by atoms with Crippen LogP contribution in [-0.4, -0.2) is 0 Å². The first kappa shape index (κ1) is 8.95. The van der Waals surface area contributed by atoms with E-state index < -0.39 is 0 Å². The fraction of sp³-hybridized carbons (Fsp3) is 0.273. The maximum atomic E-state index is 12.9. The van der Waals surface area contributed by atoms with Crippen molar-refractivity contribution < 1.29 is 4.39 Å². The summed E-state index contributed by atoms with van der Waals surface area (Å²) in [6.07, 6.45) is 1.98. The highest BCUT2D eigenvalue weighted by atomic mass is 79.9. The van der Waals surface area contributed by atoms with Crippen LogP contribution in [-0.2, 0) is 6.42 Å². The smallest absolute Gasteiger partial charge is 0.123 e. The fourth-order valence-electron chi connectivity index (χ4n) is 1.65. The predicted molar refractivity (Wildman–Crippen MR) is 56.2 cm³/mol. The number of rotatable bonds is 0. The van der Waals surface area contributed by atoms with Crippen LogP contribution in [0, 0.1) is 5.82 Å². The summed E-state index contributed by atoms with van der Waals surface area (Å²) in [6.45, 7) is 2.11. The molecule has 1 aliphatic carbocycles. The first-order chi connectivity index (χ1) is 6.18. The summed E-state index contributed by atoms with van der Waals surface area (Å²) in [5.41, 5.74) is 3.60. The molecule has 1 aromatic carbocycles. The van der Waals surface area contributed by atoms with Crippen LogP contribution in [0.3, 0.4) is 0 Å². The van der Waals surface area contributed by atoms with Gasteiger partial charge in [-0.15, -0.1) is 0 Å². The Balaban J connectivity index is 2.58. The summed E-state index contributed by atoms with van der Waals surface area (Å²) in [5.74, 6) is -0.140. The van der Waals surface area contributed by atoms with Gasteiger partial charge in [0.2, 0.25) is 0 Å². The Morgan fingerprint density at radius 2 is 2.08 bits per heavy atom. The molecule has 2 heteroatoms. The molecule has 1 aromatic rings. The van der Waals surface area contributed by atoms with Gasteiger partial charge in [-0.25, -0.2) is 4.39 Å². The van der Waals surface area contributed by atoms with Crippen LogP contribution < -0.4 is 0 Å². The molecule has 68 valence electrons. The van der Waals surface area contributed by atoms with Crippen LogP contribution in [0.25, 0.3) is 4.48 Å². The standard InChI is InChI=1S/C11H10BrF/c1-7-2-3-8-6-9(13)4-5-10(8)11(7)12/h4-6H,2-3H2,1H3. The molecule has 0 bridgehead atoms. The number of benzene rings is 1. The van der Waals surface area contributed by atoms with Gasteiger partial charge in [-0.3, -0.25) is 0 Å². The molecule has 0 aliphatic heterocycles. The Morgan fingerprint density at radius 1 is 1.31 bits per heavy atom. The zero-order valence-electron chi connectivity index (χ0n) is 7.40. The van der Waals surface area contributed by atoms with Crippen LogP contribution in [0.5, 0.6) is 0 Å². The van der Waals surface area contributed by atoms with Crippen LogP contribution in [0.1, 0.15) is 24.5 Å². The summed E-state index contributed by atoms with van der Waals surface area (Å²) in [5, 5.41) is 0. The van der Waals surface area contributed by atoms with E-state index in [4.69, 9.17) is 0 Å². The average molecular weight is 241 g/mol. The highest BCUT2D eigenvalue weighted by Crippen LogP contribution is 2.35. The van der Waals surface area contributed by atoms with Crippen molar-refractivity contribution >= 4 is 20.4 Å². The predicted octanol–water partition coefficient (Wildman–Crippen LogP) is 3.90. The lowest BCUT2D eigenvalue weighted by Crippen LogP contribution is -2.00. The molecule has 2 rings (SSSR count). The van der Waals surface area contributed by atoms with Crippen LogP contribution in [0.4, 0.5) is 4.39 Å². The molecule has 0 heterocycles. The van der Waals surface area contributed by atoms with Gasteiger partial charge in [0.15, 0.2) is 0 Å². The summed E-state index contributed by atoms with van der Waals surface area (Å²) in [7, 11) is 0. The topological polar surface area (TPSA) is 0 Å². The van der Waals surface area contributed by atoms with Crippen molar-refractivity contribution in [2.45, 2.75) is 19.8 Å². The molecule has 0 atom stereocenters. The van der Waals surface area contributed by atoms with Crippen molar-refractivity contribution in [3.8, 4) is 0 Å². The second-order valence-electron chi connectivity index (χ2n) is 3.40. The summed E-state index contributed by atoms with van der Waals surface area (Å²) in [6, 6.07) is 4.99. The quantitative estimate of drug-likeness (QED) is 0.646. The lowest BCUT2D eigenvalue weighted by molar-refractivity contribution is 0.624. The van der Waals surface area contributed by atoms with Crippen LogP contribution in [0.2, 0.25) is 0 Å². The zero-order chi connectivity index (χ0) is 9.42. The Labute approximate surface area is 85.6 Å². The molecular weight excluding hydrogens is 231 g/mol. The third-order valence-electron chi connectivity index (χ3n) is 2.45. The molecule has 0 saturated carbocycles. The van der Waals surface area contributed by atoms with E-state index in [0.29, 0.717) is 0 Å². The largest absolute Gasteiger partial charge is 0.207 e. The summed E-state index contributed by atoms with van der Waals surface area (Å²) >= 11 is 3.53. The Hall–Kier alpha value is -0.630. The van der Waals surface area contributed by atoms with E-state index in [1.807, 2.05) is 6.07 Å². The van der Waals surface area contributed by atoms with E-state index >= 15 is 0 Å². The molecule has 0 amide bonds.